The van der Waals surface area contributed by atoms with Crippen molar-refractivity contribution in [3.05, 3.63) is 0 Å². The van der Waals surface area contributed by atoms with Gasteiger partial charge in [-0.1, -0.05) is 39.5 Å². The Balaban J connectivity index is 1.82. The molecule has 0 N–H and O–H groups in total. The number of thiol groups is 2. The van der Waals surface area contributed by atoms with Crippen LogP contribution >= 0.6 is 25.3 Å². The fourth-order valence-electron chi connectivity index (χ4n) is 5.09. The van der Waals surface area contributed by atoms with Crippen LogP contribution in [0.4, 0.5) is 0 Å². The average molecular weight is 329 g/mol. The van der Waals surface area contributed by atoms with Gasteiger partial charge in [-0.05, 0) is 79.1 Å². The summed E-state index contributed by atoms with van der Waals surface area (Å²) < 4.78 is 0. The first-order chi connectivity index (χ1) is 10.1. The molecule has 2 fully saturated rings. The maximum atomic E-state index is 4.41. The minimum absolute atomic E-state index is 0.567. The highest BCUT2D eigenvalue weighted by Gasteiger charge is 2.40. The van der Waals surface area contributed by atoms with Crippen molar-refractivity contribution in [2.45, 2.75) is 78.1 Å². The first-order valence-electron chi connectivity index (χ1n) is 9.29. The molecule has 0 aliphatic heterocycles. The molecule has 0 aromatic heterocycles. The van der Waals surface area contributed by atoms with Crippen LogP contribution in [0.2, 0.25) is 0 Å². The zero-order valence-corrected chi connectivity index (χ0v) is 16.0. The highest BCUT2D eigenvalue weighted by Crippen LogP contribution is 2.50. The number of rotatable bonds is 6. The third kappa shape index (κ3) is 4.83. The summed E-state index contributed by atoms with van der Waals surface area (Å²) >= 11 is 8.83. The molecule has 2 saturated carbocycles. The highest BCUT2D eigenvalue weighted by molar-refractivity contribution is 7.80. The molecule has 0 spiro atoms. The standard InChI is InChI=1S/C19H36S2/c1-19(2,17-7-3-15(4-8-17)11-13-20)18-9-5-16(6-10-18)12-14-21/h15-18,20-21H,3-14H2,1-2H3. The van der Waals surface area contributed by atoms with Gasteiger partial charge < -0.3 is 0 Å². The molecule has 0 radical (unpaired) electrons. The summed E-state index contributed by atoms with van der Waals surface area (Å²) in [5.74, 6) is 6.04. The van der Waals surface area contributed by atoms with Crippen LogP contribution in [0.25, 0.3) is 0 Å². The fraction of sp³-hybridized carbons (Fsp3) is 1.00. The van der Waals surface area contributed by atoms with Gasteiger partial charge in [-0.3, -0.25) is 0 Å². The smallest absolute Gasteiger partial charge is 0.00953 e. The Hall–Kier alpha value is 0.700. The van der Waals surface area contributed by atoms with Gasteiger partial charge in [-0.25, -0.2) is 0 Å². The lowest BCUT2D eigenvalue weighted by Crippen LogP contribution is -2.37. The van der Waals surface area contributed by atoms with Crippen LogP contribution in [0.3, 0.4) is 0 Å². The van der Waals surface area contributed by atoms with Crippen molar-refractivity contribution >= 4 is 25.3 Å². The van der Waals surface area contributed by atoms with Gasteiger partial charge in [0.1, 0.15) is 0 Å². The SMILES string of the molecule is CC(C)(C1CCC(CCS)CC1)C1CCC(CCS)CC1. The van der Waals surface area contributed by atoms with E-state index in [1.807, 2.05) is 0 Å². The Morgan fingerprint density at radius 1 is 0.667 bits per heavy atom. The molecule has 0 saturated heterocycles. The summed E-state index contributed by atoms with van der Waals surface area (Å²) in [7, 11) is 0. The van der Waals surface area contributed by atoms with Crippen molar-refractivity contribution in [2.24, 2.45) is 29.1 Å². The van der Waals surface area contributed by atoms with Crippen molar-refractivity contribution in [3.63, 3.8) is 0 Å². The first-order valence-corrected chi connectivity index (χ1v) is 10.6. The molecule has 0 bridgehead atoms. The molecule has 2 heteroatoms. The molecule has 0 aromatic carbocycles. The first kappa shape index (κ1) is 18.0. The van der Waals surface area contributed by atoms with Crippen LogP contribution in [0, 0.1) is 29.1 Å². The lowest BCUT2D eigenvalue weighted by atomic mass is 9.59. The quantitative estimate of drug-likeness (QED) is 0.528. The molecule has 0 amide bonds. The van der Waals surface area contributed by atoms with E-state index in [1.165, 1.54) is 64.2 Å². The summed E-state index contributed by atoms with van der Waals surface area (Å²) in [5, 5.41) is 0. The molecule has 0 heterocycles. The molecule has 2 aliphatic rings. The summed E-state index contributed by atoms with van der Waals surface area (Å²) in [6.07, 6.45) is 14.4. The predicted octanol–water partition coefficient (Wildman–Crippen LogP) is 6.27. The largest absolute Gasteiger partial charge is 0.179 e. The van der Waals surface area contributed by atoms with E-state index >= 15 is 0 Å². The van der Waals surface area contributed by atoms with Crippen molar-refractivity contribution in [1.29, 1.82) is 0 Å². The molecule has 0 unspecified atom stereocenters. The van der Waals surface area contributed by atoms with E-state index < -0.39 is 0 Å². The third-order valence-corrected chi connectivity index (χ3v) is 7.39. The van der Waals surface area contributed by atoms with Gasteiger partial charge in [-0.15, -0.1) is 0 Å². The monoisotopic (exact) mass is 328 g/mol. The Bertz CT molecular complexity index is 256. The molecular weight excluding hydrogens is 292 g/mol. The highest BCUT2D eigenvalue weighted by atomic mass is 32.1. The van der Waals surface area contributed by atoms with Crippen LogP contribution in [0.15, 0.2) is 0 Å². The summed E-state index contributed by atoms with van der Waals surface area (Å²) in [6, 6.07) is 0. The lowest BCUT2D eigenvalue weighted by molar-refractivity contribution is 0.0383. The average Bonchev–Trinajstić information content (AvgIpc) is 2.49. The molecule has 0 nitrogen and oxygen atoms in total. The van der Waals surface area contributed by atoms with Crippen LogP contribution in [0.1, 0.15) is 78.1 Å². The van der Waals surface area contributed by atoms with E-state index in [1.54, 1.807) is 0 Å². The van der Waals surface area contributed by atoms with E-state index in [-0.39, 0.29) is 0 Å². The summed E-state index contributed by atoms with van der Waals surface area (Å²) in [5.41, 5.74) is 0.567. The topological polar surface area (TPSA) is 0 Å². The maximum Gasteiger partial charge on any atom is -0.00953 e. The number of hydrogen-bond acceptors (Lipinski definition) is 2. The minimum atomic E-state index is 0.567. The minimum Gasteiger partial charge on any atom is -0.179 e. The lowest BCUT2D eigenvalue weighted by Gasteiger charge is -2.47. The van der Waals surface area contributed by atoms with Crippen LogP contribution in [-0.2, 0) is 0 Å². The number of hydrogen-bond donors (Lipinski definition) is 2. The van der Waals surface area contributed by atoms with Crippen molar-refractivity contribution < 1.29 is 0 Å². The second-order valence-electron chi connectivity index (χ2n) is 8.28. The van der Waals surface area contributed by atoms with E-state index in [4.69, 9.17) is 0 Å². The van der Waals surface area contributed by atoms with Gasteiger partial charge in [0.25, 0.3) is 0 Å². The Labute approximate surface area is 144 Å². The van der Waals surface area contributed by atoms with Gasteiger partial charge in [0, 0.05) is 0 Å². The summed E-state index contributed by atoms with van der Waals surface area (Å²) in [4.78, 5) is 0. The van der Waals surface area contributed by atoms with Gasteiger partial charge in [-0.2, -0.15) is 25.3 Å². The van der Waals surface area contributed by atoms with Crippen molar-refractivity contribution in [3.8, 4) is 0 Å². The van der Waals surface area contributed by atoms with E-state index in [2.05, 4.69) is 39.1 Å². The Kier molecular flexibility index (Phi) is 7.32. The Morgan fingerprint density at radius 2 is 1.00 bits per heavy atom. The second kappa shape index (κ2) is 8.52. The zero-order valence-electron chi connectivity index (χ0n) is 14.2. The molecule has 2 rings (SSSR count). The van der Waals surface area contributed by atoms with Crippen LogP contribution < -0.4 is 0 Å². The van der Waals surface area contributed by atoms with Gasteiger partial charge in [0.2, 0.25) is 0 Å². The molecular formula is C19H36S2. The normalized spacial score (nSPS) is 34.9. The van der Waals surface area contributed by atoms with Crippen molar-refractivity contribution in [1.82, 2.24) is 0 Å². The van der Waals surface area contributed by atoms with Gasteiger partial charge >= 0.3 is 0 Å². The molecule has 0 aromatic rings. The fourth-order valence-corrected chi connectivity index (χ4v) is 5.82. The van der Waals surface area contributed by atoms with E-state index in [9.17, 15) is 0 Å². The summed E-state index contributed by atoms with van der Waals surface area (Å²) in [6.45, 7) is 5.17. The molecule has 0 atom stereocenters. The Morgan fingerprint density at radius 3 is 1.29 bits per heavy atom. The third-order valence-electron chi connectivity index (χ3n) is 6.87. The zero-order chi connectivity index (χ0) is 15.3. The van der Waals surface area contributed by atoms with Gasteiger partial charge in [0.15, 0.2) is 0 Å². The molecule has 21 heavy (non-hydrogen) atoms. The van der Waals surface area contributed by atoms with E-state index in [0.717, 1.165) is 35.2 Å². The van der Waals surface area contributed by atoms with Crippen molar-refractivity contribution in [2.75, 3.05) is 11.5 Å². The van der Waals surface area contributed by atoms with Gasteiger partial charge in [0.05, 0.1) is 0 Å². The predicted molar refractivity (Wildman–Crippen MR) is 102 cm³/mol. The van der Waals surface area contributed by atoms with E-state index in [0.29, 0.717) is 5.41 Å². The molecule has 124 valence electrons. The van der Waals surface area contributed by atoms with Crippen LogP contribution in [-0.4, -0.2) is 11.5 Å². The maximum absolute atomic E-state index is 4.41. The molecule has 2 aliphatic carbocycles. The second-order valence-corrected chi connectivity index (χ2v) is 9.18. The van der Waals surface area contributed by atoms with Crippen LogP contribution in [0.5, 0.6) is 0 Å².